The molecule has 2 heterocycles. The quantitative estimate of drug-likeness (QED) is 0.425. The Morgan fingerprint density at radius 3 is 2.43 bits per heavy atom. The Morgan fingerprint density at radius 2 is 1.65 bits per heavy atom. The second-order valence-electron chi connectivity index (χ2n) is 5.67. The average Bonchev–Trinajstić information content (AvgIpc) is 3.28. The Kier molecular flexibility index (Phi) is 3.60. The molecular weight excluding hydrogens is 298 g/mol. The Labute approximate surface area is 140 Å². The summed E-state index contributed by atoms with van der Waals surface area (Å²) in [6.45, 7) is 2.15. The van der Waals surface area contributed by atoms with E-state index >= 15 is 0 Å². The second-order valence-corrected chi connectivity index (χ2v) is 6.61. The predicted molar refractivity (Wildman–Crippen MR) is 99.3 cm³/mol. The van der Waals surface area contributed by atoms with Gasteiger partial charge in [-0.3, -0.25) is 0 Å². The molecule has 1 nitrogen and oxygen atoms in total. The lowest BCUT2D eigenvalue weighted by Gasteiger charge is -2.12. The molecule has 0 atom stereocenters. The van der Waals surface area contributed by atoms with E-state index in [0.717, 1.165) is 0 Å². The molecule has 0 N–H and O–H groups in total. The fraction of sp³-hybridized carbons (Fsp3) is 0.0476. The molecule has 23 heavy (non-hydrogen) atoms. The van der Waals surface area contributed by atoms with Gasteiger partial charge >= 0.3 is 0 Å². The smallest absolute Gasteiger partial charge is 0.0455 e. The van der Waals surface area contributed by atoms with Crippen molar-refractivity contribution in [1.82, 2.24) is 4.57 Å². The molecule has 2 aromatic heterocycles. The minimum Gasteiger partial charge on any atom is -0.324 e. The van der Waals surface area contributed by atoms with Gasteiger partial charge in [-0.1, -0.05) is 35.9 Å². The summed E-state index contributed by atoms with van der Waals surface area (Å²) >= 11 is 1.79. The van der Waals surface area contributed by atoms with Crippen LogP contribution in [0.3, 0.4) is 0 Å². The van der Waals surface area contributed by atoms with Crippen LogP contribution in [-0.4, -0.2) is 4.57 Å². The SMILES string of the molecule is Cc1ccc(-c2cccc(-n3cccc3)c2)c(-c2cccs2)c1. The molecule has 0 aliphatic heterocycles. The van der Waals surface area contributed by atoms with E-state index in [0.29, 0.717) is 0 Å². The monoisotopic (exact) mass is 315 g/mol. The van der Waals surface area contributed by atoms with Gasteiger partial charge in [-0.2, -0.15) is 0 Å². The Bertz CT molecular complexity index is 918. The van der Waals surface area contributed by atoms with Gasteiger partial charge in [0.25, 0.3) is 0 Å². The van der Waals surface area contributed by atoms with Crippen molar-refractivity contribution in [2.45, 2.75) is 6.92 Å². The molecule has 0 saturated heterocycles. The van der Waals surface area contributed by atoms with Crippen molar-refractivity contribution in [2.75, 3.05) is 0 Å². The molecule has 2 aromatic carbocycles. The maximum absolute atomic E-state index is 2.28. The lowest BCUT2D eigenvalue weighted by molar-refractivity contribution is 1.08. The lowest BCUT2D eigenvalue weighted by atomic mass is 9.96. The maximum Gasteiger partial charge on any atom is 0.0455 e. The highest BCUT2D eigenvalue weighted by Gasteiger charge is 2.09. The highest BCUT2D eigenvalue weighted by Crippen LogP contribution is 2.36. The predicted octanol–water partition coefficient (Wildman–Crippen LogP) is 6.18. The van der Waals surface area contributed by atoms with Crippen LogP contribution in [0.25, 0.3) is 27.3 Å². The molecule has 0 spiro atoms. The number of benzene rings is 2. The number of thiophene rings is 1. The van der Waals surface area contributed by atoms with Crippen LogP contribution >= 0.6 is 11.3 Å². The molecule has 4 rings (SSSR count). The van der Waals surface area contributed by atoms with Crippen LogP contribution in [-0.2, 0) is 0 Å². The van der Waals surface area contributed by atoms with Crippen molar-refractivity contribution in [1.29, 1.82) is 0 Å². The number of hydrogen-bond acceptors (Lipinski definition) is 1. The van der Waals surface area contributed by atoms with E-state index in [4.69, 9.17) is 0 Å². The molecule has 2 heteroatoms. The zero-order chi connectivity index (χ0) is 15.6. The fourth-order valence-electron chi connectivity index (χ4n) is 2.89. The molecule has 0 aliphatic carbocycles. The van der Waals surface area contributed by atoms with Crippen LogP contribution in [0.1, 0.15) is 5.56 Å². The Hall–Kier alpha value is -2.58. The van der Waals surface area contributed by atoms with Crippen molar-refractivity contribution in [3.63, 3.8) is 0 Å². The Morgan fingerprint density at radius 1 is 0.783 bits per heavy atom. The third kappa shape index (κ3) is 2.73. The molecule has 112 valence electrons. The summed E-state index contributed by atoms with van der Waals surface area (Å²) in [5, 5.41) is 2.14. The first kappa shape index (κ1) is 14.0. The Balaban J connectivity index is 1.87. The third-order valence-corrected chi connectivity index (χ3v) is 4.92. The van der Waals surface area contributed by atoms with Gasteiger partial charge in [-0.25, -0.2) is 0 Å². The topological polar surface area (TPSA) is 4.93 Å². The minimum absolute atomic E-state index is 1.19. The van der Waals surface area contributed by atoms with E-state index in [1.807, 2.05) is 0 Å². The molecule has 0 fully saturated rings. The zero-order valence-electron chi connectivity index (χ0n) is 12.9. The summed E-state index contributed by atoms with van der Waals surface area (Å²) in [7, 11) is 0. The van der Waals surface area contributed by atoms with Gasteiger partial charge in [-0.05, 0) is 65.4 Å². The highest BCUT2D eigenvalue weighted by atomic mass is 32.1. The number of aromatic nitrogens is 1. The number of hydrogen-bond donors (Lipinski definition) is 0. The van der Waals surface area contributed by atoms with Crippen molar-refractivity contribution < 1.29 is 0 Å². The lowest BCUT2D eigenvalue weighted by Crippen LogP contribution is -1.91. The fourth-order valence-corrected chi connectivity index (χ4v) is 3.64. The van der Waals surface area contributed by atoms with Gasteiger partial charge in [0, 0.05) is 23.0 Å². The summed E-state index contributed by atoms with van der Waals surface area (Å²) in [6.07, 6.45) is 4.16. The summed E-state index contributed by atoms with van der Waals surface area (Å²) < 4.78 is 2.14. The first-order valence-electron chi connectivity index (χ1n) is 7.69. The van der Waals surface area contributed by atoms with Crippen LogP contribution in [0.2, 0.25) is 0 Å². The molecule has 4 aromatic rings. The largest absolute Gasteiger partial charge is 0.324 e. The summed E-state index contributed by atoms with van der Waals surface area (Å²) in [5.41, 5.74) is 6.32. The molecule has 0 radical (unpaired) electrons. The maximum atomic E-state index is 2.28. The first-order valence-corrected chi connectivity index (χ1v) is 8.57. The van der Waals surface area contributed by atoms with E-state index in [2.05, 4.69) is 96.0 Å². The van der Waals surface area contributed by atoms with Gasteiger partial charge in [0.05, 0.1) is 0 Å². The molecule has 0 unspecified atom stereocenters. The van der Waals surface area contributed by atoms with Crippen molar-refractivity contribution in [3.05, 3.63) is 90.1 Å². The summed E-state index contributed by atoms with van der Waals surface area (Å²) in [4.78, 5) is 1.31. The minimum atomic E-state index is 1.19. The van der Waals surface area contributed by atoms with Crippen LogP contribution < -0.4 is 0 Å². The molecule has 0 amide bonds. The van der Waals surface area contributed by atoms with E-state index in [9.17, 15) is 0 Å². The van der Waals surface area contributed by atoms with Gasteiger partial charge in [0.2, 0.25) is 0 Å². The van der Waals surface area contributed by atoms with Crippen LogP contribution in [0.15, 0.2) is 84.5 Å². The van der Waals surface area contributed by atoms with Crippen molar-refractivity contribution >= 4 is 11.3 Å². The van der Waals surface area contributed by atoms with Gasteiger partial charge in [-0.15, -0.1) is 11.3 Å². The third-order valence-electron chi connectivity index (χ3n) is 4.02. The number of rotatable bonds is 3. The number of aryl methyl sites for hydroxylation is 1. The van der Waals surface area contributed by atoms with E-state index in [1.165, 1.54) is 32.8 Å². The van der Waals surface area contributed by atoms with Crippen LogP contribution in [0.4, 0.5) is 0 Å². The summed E-state index contributed by atoms with van der Waals surface area (Å²) in [5.74, 6) is 0. The van der Waals surface area contributed by atoms with E-state index < -0.39 is 0 Å². The van der Waals surface area contributed by atoms with Gasteiger partial charge in [0.1, 0.15) is 0 Å². The standard InChI is InChI=1S/C21H17NS/c1-16-9-10-19(20(14-16)21-8-5-13-23-21)17-6-4-7-18(15-17)22-11-2-3-12-22/h2-15H,1H3. The van der Waals surface area contributed by atoms with E-state index in [1.54, 1.807) is 11.3 Å². The molecular formula is C21H17NS. The molecule has 0 aliphatic rings. The van der Waals surface area contributed by atoms with Crippen LogP contribution in [0.5, 0.6) is 0 Å². The average molecular weight is 315 g/mol. The van der Waals surface area contributed by atoms with Gasteiger partial charge < -0.3 is 4.57 Å². The van der Waals surface area contributed by atoms with E-state index in [-0.39, 0.29) is 0 Å². The molecule has 0 saturated carbocycles. The van der Waals surface area contributed by atoms with Crippen LogP contribution in [0, 0.1) is 6.92 Å². The normalized spacial score (nSPS) is 10.8. The van der Waals surface area contributed by atoms with Crippen molar-refractivity contribution in [3.8, 4) is 27.3 Å². The van der Waals surface area contributed by atoms with Gasteiger partial charge in [0.15, 0.2) is 0 Å². The first-order chi connectivity index (χ1) is 11.3. The molecule has 0 bridgehead atoms. The second kappa shape index (κ2) is 5.90. The highest BCUT2D eigenvalue weighted by molar-refractivity contribution is 7.13. The number of nitrogens with zero attached hydrogens (tertiary/aromatic N) is 1. The summed E-state index contributed by atoms with van der Waals surface area (Å²) in [6, 6.07) is 23.8. The van der Waals surface area contributed by atoms with Crippen molar-refractivity contribution in [2.24, 2.45) is 0 Å². The zero-order valence-corrected chi connectivity index (χ0v) is 13.8.